The zero-order valence-electron chi connectivity index (χ0n) is 20.0. The number of hydrogen-bond donors (Lipinski definition) is 1. The number of aromatic carboxylic acids is 1. The zero-order valence-corrected chi connectivity index (χ0v) is 21.5. The first-order chi connectivity index (χ1) is 17.8. The predicted octanol–water partition coefficient (Wildman–Crippen LogP) is 8.26. The Kier molecular flexibility index (Phi) is 6.87. The summed E-state index contributed by atoms with van der Waals surface area (Å²) in [6.45, 7) is 4.28. The molecule has 0 fully saturated rings. The van der Waals surface area contributed by atoms with Crippen LogP contribution in [0.5, 0.6) is 5.75 Å². The van der Waals surface area contributed by atoms with Crippen LogP contribution in [0.2, 0.25) is 10.0 Å². The Hall–Kier alpha value is -3.87. The molecular formula is C29H22Cl2N2O4. The predicted molar refractivity (Wildman–Crippen MR) is 145 cm³/mol. The second-order valence-corrected chi connectivity index (χ2v) is 9.65. The van der Waals surface area contributed by atoms with Crippen molar-refractivity contribution in [1.29, 1.82) is 0 Å². The van der Waals surface area contributed by atoms with Crippen molar-refractivity contribution in [3.8, 4) is 28.1 Å². The van der Waals surface area contributed by atoms with Gasteiger partial charge >= 0.3 is 5.97 Å². The van der Waals surface area contributed by atoms with Gasteiger partial charge in [0.1, 0.15) is 23.8 Å². The van der Waals surface area contributed by atoms with Gasteiger partial charge in [-0.1, -0.05) is 72.5 Å². The van der Waals surface area contributed by atoms with Crippen molar-refractivity contribution >= 4 is 39.9 Å². The molecule has 0 saturated heterocycles. The van der Waals surface area contributed by atoms with Gasteiger partial charge in [-0.15, -0.1) is 0 Å². The fourth-order valence-electron chi connectivity index (χ4n) is 4.26. The highest BCUT2D eigenvalue weighted by Crippen LogP contribution is 2.39. The third-order valence-electron chi connectivity index (χ3n) is 6.08. The second kappa shape index (κ2) is 10.2. The number of aromatic nitrogens is 2. The second-order valence-electron chi connectivity index (χ2n) is 8.84. The van der Waals surface area contributed by atoms with Crippen molar-refractivity contribution in [1.82, 2.24) is 10.1 Å². The van der Waals surface area contributed by atoms with Gasteiger partial charge in [-0.2, -0.15) is 0 Å². The van der Waals surface area contributed by atoms with Crippen LogP contribution in [0.1, 0.15) is 41.6 Å². The van der Waals surface area contributed by atoms with Crippen molar-refractivity contribution in [3.05, 3.63) is 100.0 Å². The molecule has 5 aromatic rings. The van der Waals surface area contributed by atoms with E-state index < -0.39 is 5.97 Å². The maximum absolute atomic E-state index is 11.4. The van der Waals surface area contributed by atoms with E-state index in [0.717, 1.165) is 22.1 Å². The molecule has 6 nitrogen and oxygen atoms in total. The van der Waals surface area contributed by atoms with E-state index in [-0.39, 0.29) is 18.2 Å². The third kappa shape index (κ3) is 4.90. The summed E-state index contributed by atoms with van der Waals surface area (Å²) in [4.78, 5) is 15.4. The minimum atomic E-state index is -1.05. The molecule has 1 N–H and O–H groups in total. The van der Waals surface area contributed by atoms with Gasteiger partial charge < -0.3 is 14.4 Å². The topological polar surface area (TPSA) is 85.5 Å². The van der Waals surface area contributed by atoms with Crippen molar-refractivity contribution in [3.63, 3.8) is 0 Å². The molecule has 0 amide bonds. The summed E-state index contributed by atoms with van der Waals surface area (Å²) >= 11 is 12.9. The molecule has 8 heteroatoms. The van der Waals surface area contributed by atoms with Gasteiger partial charge in [-0.3, -0.25) is 0 Å². The summed E-state index contributed by atoms with van der Waals surface area (Å²) < 4.78 is 11.8. The largest absolute Gasteiger partial charge is 0.489 e. The lowest BCUT2D eigenvalue weighted by Crippen LogP contribution is -2.01. The molecule has 0 aliphatic heterocycles. The van der Waals surface area contributed by atoms with E-state index in [4.69, 9.17) is 32.5 Å². The molecule has 0 aliphatic rings. The molecule has 0 bridgehead atoms. The summed E-state index contributed by atoms with van der Waals surface area (Å²) in [6.07, 6.45) is 1.51. The molecule has 186 valence electrons. The van der Waals surface area contributed by atoms with E-state index in [1.165, 1.54) is 6.20 Å². The molecule has 0 spiro atoms. The van der Waals surface area contributed by atoms with Crippen LogP contribution in [0, 0.1) is 0 Å². The molecule has 37 heavy (non-hydrogen) atoms. The SMILES string of the molecule is CC(C)c1onc(-c2c(Cl)cccc2Cl)c1COc1ccc(-c2ccc3c(C(=O)O)nccc3c2)cc1. The first-order valence-electron chi connectivity index (χ1n) is 11.6. The Morgan fingerprint density at radius 1 is 1.00 bits per heavy atom. The molecule has 2 aromatic heterocycles. The van der Waals surface area contributed by atoms with E-state index in [2.05, 4.69) is 10.1 Å². The van der Waals surface area contributed by atoms with Gasteiger partial charge in [-0.05, 0) is 52.9 Å². The lowest BCUT2D eigenvalue weighted by atomic mass is 10.0. The molecule has 0 unspecified atom stereocenters. The number of carboxylic acids is 1. The summed E-state index contributed by atoms with van der Waals surface area (Å²) in [5.41, 5.74) is 3.96. The number of hydrogen-bond acceptors (Lipinski definition) is 5. The third-order valence-corrected chi connectivity index (χ3v) is 6.71. The average molecular weight is 533 g/mol. The molecule has 0 radical (unpaired) electrons. The highest BCUT2D eigenvalue weighted by atomic mass is 35.5. The maximum Gasteiger partial charge on any atom is 0.355 e. The lowest BCUT2D eigenvalue weighted by Gasteiger charge is -2.11. The Morgan fingerprint density at radius 3 is 2.38 bits per heavy atom. The number of ether oxygens (including phenoxy) is 1. The summed E-state index contributed by atoms with van der Waals surface area (Å²) in [7, 11) is 0. The lowest BCUT2D eigenvalue weighted by molar-refractivity contribution is 0.0693. The van der Waals surface area contributed by atoms with Crippen LogP contribution in [0.15, 0.2) is 77.4 Å². The van der Waals surface area contributed by atoms with Gasteiger partial charge in [0.05, 0.1) is 15.6 Å². The van der Waals surface area contributed by atoms with Gasteiger partial charge in [-0.25, -0.2) is 9.78 Å². The van der Waals surface area contributed by atoms with Crippen LogP contribution in [0.4, 0.5) is 0 Å². The number of rotatable bonds is 7. The molecule has 2 heterocycles. The highest BCUT2D eigenvalue weighted by molar-refractivity contribution is 6.39. The zero-order chi connectivity index (χ0) is 26.1. The Morgan fingerprint density at radius 2 is 1.70 bits per heavy atom. The summed E-state index contributed by atoms with van der Waals surface area (Å²) in [6, 6.07) is 20.4. The standard InChI is InChI=1S/C29H22Cl2N2O4/c1-16(2)28-22(26(33-37-28)25-23(30)4-3-5-24(25)31)15-36-20-9-6-17(7-10-20)18-8-11-21-19(14-18)12-13-32-27(21)29(34)35/h3-14,16H,15H2,1-2H3,(H,34,35). The molecule has 0 saturated carbocycles. The van der Waals surface area contributed by atoms with Crippen molar-refractivity contribution in [2.75, 3.05) is 0 Å². The van der Waals surface area contributed by atoms with Crippen LogP contribution in [-0.2, 0) is 6.61 Å². The molecule has 0 atom stereocenters. The number of carboxylic acid groups (broad SMARTS) is 1. The minimum absolute atomic E-state index is 0.0414. The summed E-state index contributed by atoms with van der Waals surface area (Å²) in [5, 5.41) is 16.0. The number of nitrogens with zero attached hydrogens (tertiary/aromatic N) is 2. The Labute approximate surface area is 223 Å². The van der Waals surface area contributed by atoms with E-state index in [1.54, 1.807) is 30.3 Å². The van der Waals surface area contributed by atoms with Gasteiger partial charge in [0.15, 0.2) is 5.69 Å². The quantitative estimate of drug-likeness (QED) is 0.227. The van der Waals surface area contributed by atoms with E-state index >= 15 is 0 Å². The van der Waals surface area contributed by atoms with Crippen LogP contribution in [0.25, 0.3) is 33.2 Å². The number of fused-ring (bicyclic) bond motifs is 1. The molecular weight excluding hydrogens is 511 g/mol. The fourth-order valence-corrected chi connectivity index (χ4v) is 4.84. The van der Waals surface area contributed by atoms with Crippen LogP contribution >= 0.6 is 23.2 Å². The minimum Gasteiger partial charge on any atom is -0.489 e. The average Bonchev–Trinajstić information content (AvgIpc) is 3.30. The van der Waals surface area contributed by atoms with E-state index in [1.807, 2.05) is 50.2 Å². The normalized spacial score (nSPS) is 11.3. The van der Waals surface area contributed by atoms with E-state index in [0.29, 0.717) is 38.2 Å². The first kappa shape index (κ1) is 24.8. The number of pyridine rings is 1. The van der Waals surface area contributed by atoms with Gasteiger partial charge in [0.25, 0.3) is 0 Å². The maximum atomic E-state index is 11.4. The molecule has 5 rings (SSSR count). The van der Waals surface area contributed by atoms with Gasteiger partial charge in [0, 0.05) is 23.1 Å². The summed E-state index contributed by atoms with van der Waals surface area (Å²) in [5.74, 6) is 0.435. The number of carbonyl (C=O) groups is 1. The molecule has 0 aliphatic carbocycles. The van der Waals surface area contributed by atoms with Crippen LogP contribution in [-0.4, -0.2) is 21.2 Å². The first-order valence-corrected chi connectivity index (χ1v) is 12.4. The Balaban J connectivity index is 1.40. The van der Waals surface area contributed by atoms with Crippen molar-refractivity contribution in [2.45, 2.75) is 26.4 Å². The van der Waals surface area contributed by atoms with Crippen molar-refractivity contribution < 1.29 is 19.2 Å². The van der Waals surface area contributed by atoms with E-state index in [9.17, 15) is 9.90 Å². The Bertz CT molecular complexity index is 1590. The number of halogens is 2. The number of benzene rings is 3. The van der Waals surface area contributed by atoms with Crippen LogP contribution < -0.4 is 4.74 Å². The fraction of sp³-hybridized carbons (Fsp3) is 0.138. The highest BCUT2D eigenvalue weighted by Gasteiger charge is 2.23. The molecule has 3 aromatic carbocycles. The smallest absolute Gasteiger partial charge is 0.355 e. The monoisotopic (exact) mass is 532 g/mol. The van der Waals surface area contributed by atoms with Gasteiger partial charge in [0.2, 0.25) is 0 Å². The van der Waals surface area contributed by atoms with Crippen LogP contribution in [0.3, 0.4) is 0 Å². The van der Waals surface area contributed by atoms with Crippen molar-refractivity contribution in [2.24, 2.45) is 0 Å².